The van der Waals surface area contributed by atoms with Crippen molar-refractivity contribution in [1.82, 2.24) is 5.32 Å². The summed E-state index contributed by atoms with van der Waals surface area (Å²) in [5, 5.41) is 3.43. The van der Waals surface area contributed by atoms with Crippen molar-refractivity contribution in [1.29, 1.82) is 0 Å². The van der Waals surface area contributed by atoms with Gasteiger partial charge < -0.3 is 10.1 Å². The van der Waals surface area contributed by atoms with Gasteiger partial charge in [0, 0.05) is 19.2 Å². The molecule has 1 N–H and O–H groups in total. The minimum absolute atomic E-state index is 0.576. The monoisotopic (exact) mass is 199 g/mol. The molecular formula is C12H25NO. The van der Waals surface area contributed by atoms with Gasteiger partial charge in [0.1, 0.15) is 0 Å². The summed E-state index contributed by atoms with van der Waals surface area (Å²) in [7, 11) is 0. The van der Waals surface area contributed by atoms with Crippen LogP contribution in [-0.4, -0.2) is 25.8 Å². The van der Waals surface area contributed by atoms with Gasteiger partial charge >= 0.3 is 0 Å². The molecule has 0 aromatic heterocycles. The van der Waals surface area contributed by atoms with E-state index in [0.717, 1.165) is 32.6 Å². The molecule has 0 rings (SSSR count). The molecule has 1 unspecified atom stereocenters. The van der Waals surface area contributed by atoms with Gasteiger partial charge in [-0.2, -0.15) is 0 Å². The quantitative estimate of drug-likeness (QED) is 0.455. The van der Waals surface area contributed by atoms with Crippen LogP contribution in [0.15, 0.2) is 12.7 Å². The molecule has 0 aliphatic rings. The van der Waals surface area contributed by atoms with Crippen LogP contribution in [0.1, 0.15) is 33.6 Å². The average molecular weight is 199 g/mol. The van der Waals surface area contributed by atoms with Gasteiger partial charge in [0.2, 0.25) is 0 Å². The topological polar surface area (TPSA) is 21.3 Å². The molecule has 14 heavy (non-hydrogen) atoms. The van der Waals surface area contributed by atoms with Crippen molar-refractivity contribution in [2.24, 2.45) is 5.92 Å². The van der Waals surface area contributed by atoms with Crippen LogP contribution in [0.5, 0.6) is 0 Å². The van der Waals surface area contributed by atoms with Crippen molar-refractivity contribution >= 4 is 0 Å². The molecule has 1 atom stereocenters. The van der Waals surface area contributed by atoms with Crippen LogP contribution in [0.4, 0.5) is 0 Å². The highest BCUT2D eigenvalue weighted by Gasteiger charge is 2.04. The number of hydrogen-bond acceptors (Lipinski definition) is 2. The van der Waals surface area contributed by atoms with Gasteiger partial charge in [0.05, 0.1) is 6.61 Å². The zero-order valence-corrected chi connectivity index (χ0v) is 9.88. The summed E-state index contributed by atoms with van der Waals surface area (Å²) >= 11 is 0. The first-order valence-electron chi connectivity index (χ1n) is 5.60. The Kier molecular flexibility index (Phi) is 9.00. The van der Waals surface area contributed by atoms with E-state index < -0.39 is 0 Å². The van der Waals surface area contributed by atoms with Crippen LogP contribution in [0.25, 0.3) is 0 Å². The van der Waals surface area contributed by atoms with Gasteiger partial charge in [-0.1, -0.05) is 19.9 Å². The van der Waals surface area contributed by atoms with Gasteiger partial charge in [0.25, 0.3) is 0 Å². The minimum atomic E-state index is 0.576. The van der Waals surface area contributed by atoms with E-state index in [0.29, 0.717) is 12.0 Å². The maximum absolute atomic E-state index is 5.46. The van der Waals surface area contributed by atoms with Crippen LogP contribution < -0.4 is 5.32 Å². The first kappa shape index (κ1) is 13.7. The van der Waals surface area contributed by atoms with Crippen molar-refractivity contribution in [2.75, 3.05) is 19.8 Å². The number of allylic oxidation sites excluding steroid dienone is 1. The van der Waals surface area contributed by atoms with Gasteiger partial charge in [-0.25, -0.2) is 0 Å². The third-order valence-electron chi connectivity index (χ3n) is 2.41. The van der Waals surface area contributed by atoms with E-state index in [2.05, 4.69) is 32.7 Å². The zero-order valence-electron chi connectivity index (χ0n) is 9.88. The van der Waals surface area contributed by atoms with E-state index in [4.69, 9.17) is 4.74 Å². The third kappa shape index (κ3) is 8.27. The SMILES string of the molecule is C=CCCCOCCNC(C)C(C)C. The van der Waals surface area contributed by atoms with Crippen LogP contribution in [0.2, 0.25) is 0 Å². The van der Waals surface area contributed by atoms with Crippen LogP contribution >= 0.6 is 0 Å². The highest BCUT2D eigenvalue weighted by molar-refractivity contribution is 4.65. The summed E-state index contributed by atoms with van der Waals surface area (Å²) in [4.78, 5) is 0. The van der Waals surface area contributed by atoms with Crippen LogP contribution in [-0.2, 0) is 4.74 Å². The van der Waals surface area contributed by atoms with Crippen molar-refractivity contribution < 1.29 is 4.74 Å². The molecule has 0 aromatic carbocycles. The molecule has 0 saturated carbocycles. The van der Waals surface area contributed by atoms with Crippen LogP contribution in [0, 0.1) is 5.92 Å². The fourth-order valence-corrected chi connectivity index (χ4v) is 1.03. The average Bonchev–Trinajstić information content (AvgIpc) is 2.16. The summed E-state index contributed by atoms with van der Waals surface area (Å²) < 4.78 is 5.46. The third-order valence-corrected chi connectivity index (χ3v) is 2.41. The second-order valence-electron chi connectivity index (χ2n) is 4.03. The van der Waals surface area contributed by atoms with E-state index in [1.165, 1.54) is 0 Å². The molecule has 0 amide bonds. The Balaban J connectivity index is 3.09. The number of nitrogens with one attached hydrogen (secondary N) is 1. The Morgan fingerprint density at radius 2 is 2.00 bits per heavy atom. The predicted molar refractivity (Wildman–Crippen MR) is 62.6 cm³/mol. The molecule has 0 aromatic rings. The van der Waals surface area contributed by atoms with E-state index in [1.807, 2.05) is 6.08 Å². The summed E-state index contributed by atoms with van der Waals surface area (Å²) in [5.41, 5.74) is 0. The summed E-state index contributed by atoms with van der Waals surface area (Å²) in [6, 6.07) is 0.576. The largest absolute Gasteiger partial charge is 0.380 e. The lowest BCUT2D eigenvalue weighted by Crippen LogP contribution is -2.33. The maximum atomic E-state index is 5.46. The highest BCUT2D eigenvalue weighted by Crippen LogP contribution is 1.98. The first-order chi connectivity index (χ1) is 6.68. The number of unbranched alkanes of at least 4 members (excludes halogenated alkanes) is 1. The van der Waals surface area contributed by atoms with Gasteiger partial charge in [-0.15, -0.1) is 6.58 Å². The number of ether oxygens (including phenoxy) is 1. The molecular weight excluding hydrogens is 174 g/mol. The van der Waals surface area contributed by atoms with Gasteiger partial charge in [-0.3, -0.25) is 0 Å². The van der Waals surface area contributed by atoms with Crippen molar-refractivity contribution in [3.63, 3.8) is 0 Å². The van der Waals surface area contributed by atoms with Gasteiger partial charge in [0.15, 0.2) is 0 Å². The maximum Gasteiger partial charge on any atom is 0.0591 e. The lowest BCUT2D eigenvalue weighted by atomic mass is 10.1. The predicted octanol–water partition coefficient (Wildman–Crippen LogP) is 2.60. The second kappa shape index (κ2) is 9.22. The fraction of sp³-hybridized carbons (Fsp3) is 0.833. The zero-order chi connectivity index (χ0) is 10.8. The fourth-order valence-electron chi connectivity index (χ4n) is 1.03. The Labute approximate surface area is 88.7 Å². The molecule has 0 bridgehead atoms. The van der Waals surface area contributed by atoms with Crippen molar-refractivity contribution in [3.05, 3.63) is 12.7 Å². The number of rotatable bonds is 9. The van der Waals surface area contributed by atoms with E-state index in [-0.39, 0.29) is 0 Å². The summed E-state index contributed by atoms with van der Waals surface area (Å²) in [6.07, 6.45) is 4.07. The van der Waals surface area contributed by atoms with E-state index >= 15 is 0 Å². The van der Waals surface area contributed by atoms with Crippen LogP contribution in [0.3, 0.4) is 0 Å². The molecule has 2 heteroatoms. The Bertz CT molecular complexity index is 134. The van der Waals surface area contributed by atoms with Gasteiger partial charge in [-0.05, 0) is 25.7 Å². The first-order valence-corrected chi connectivity index (χ1v) is 5.60. The molecule has 0 saturated heterocycles. The molecule has 0 spiro atoms. The standard InChI is InChI=1S/C12H25NO/c1-5-6-7-9-14-10-8-13-12(4)11(2)3/h5,11-13H,1,6-10H2,2-4H3. The molecule has 0 aliphatic carbocycles. The van der Waals surface area contributed by atoms with E-state index in [1.54, 1.807) is 0 Å². The molecule has 0 heterocycles. The second-order valence-corrected chi connectivity index (χ2v) is 4.03. The Morgan fingerprint density at radius 1 is 1.29 bits per heavy atom. The Hall–Kier alpha value is -0.340. The summed E-state index contributed by atoms with van der Waals surface area (Å²) in [6.45, 7) is 12.9. The molecule has 84 valence electrons. The normalized spacial score (nSPS) is 13.1. The molecule has 0 fully saturated rings. The lowest BCUT2D eigenvalue weighted by molar-refractivity contribution is 0.131. The summed E-state index contributed by atoms with van der Waals surface area (Å²) in [5.74, 6) is 0.691. The minimum Gasteiger partial charge on any atom is -0.380 e. The van der Waals surface area contributed by atoms with Crippen molar-refractivity contribution in [3.8, 4) is 0 Å². The molecule has 2 nitrogen and oxygen atoms in total. The highest BCUT2D eigenvalue weighted by atomic mass is 16.5. The lowest BCUT2D eigenvalue weighted by Gasteiger charge is -2.17. The molecule has 0 radical (unpaired) electrons. The van der Waals surface area contributed by atoms with E-state index in [9.17, 15) is 0 Å². The smallest absolute Gasteiger partial charge is 0.0591 e. The molecule has 0 aliphatic heterocycles. The Morgan fingerprint density at radius 3 is 2.57 bits per heavy atom. The number of hydrogen-bond donors (Lipinski definition) is 1. The van der Waals surface area contributed by atoms with Crippen molar-refractivity contribution in [2.45, 2.75) is 39.7 Å².